The Balaban J connectivity index is 2.89. The Kier molecular flexibility index (Phi) is 7.22. The maximum Gasteiger partial charge on any atom is 0.328 e. The summed E-state index contributed by atoms with van der Waals surface area (Å²) in [6, 6.07) is -4.67. The van der Waals surface area contributed by atoms with Gasteiger partial charge in [0.2, 0.25) is 11.8 Å². The Bertz CT molecular complexity index is 619. The van der Waals surface area contributed by atoms with E-state index in [4.69, 9.17) is 26.2 Å². The molecule has 0 fully saturated rings. The van der Waals surface area contributed by atoms with Crippen molar-refractivity contribution in [3.63, 3.8) is 0 Å². The van der Waals surface area contributed by atoms with E-state index in [9.17, 15) is 19.5 Å². The van der Waals surface area contributed by atoms with E-state index in [1.165, 1.54) is 6.92 Å². The summed E-state index contributed by atoms with van der Waals surface area (Å²) < 4.78 is 4.88. The van der Waals surface area contributed by atoms with E-state index in [-0.39, 0.29) is 11.7 Å². The van der Waals surface area contributed by atoms with Crippen molar-refractivity contribution in [2.45, 2.75) is 37.6 Å². The van der Waals surface area contributed by atoms with E-state index in [2.05, 4.69) is 15.5 Å². The van der Waals surface area contributed by atoms with Gasteiger partial charge in [0.15, 0.2) is 11.9 Å². The van der Waals surface area contributed by atoms with Crippen LogP contribution in [0.25, 0.3) is 0 Å². The number of carbonyl (C=O) groups is 3. The summed E-state index contributed by atoms with van der Waals surface area (Å²) >= 11 is 0. The number of urea groups is 1. The minimum atomic E-state index is -1.57. The summed E-state index contributed by atoms with van der Waals surface area (Å²) in [5, 5.41) is 35.0. The first kappa shape index (κ1) is 20.3. The number of aliphatic carboxylic acids is 1. The van der Waals surface area contributed by atoms with Crippen LogP contribution >= 0.6 is 0 Å². The van der Waals surface area contributed by atoms with Crippen molar-refractivity contribution >= 4 is 17.9 Å². The van der Waals surface area contributed by atoms with Gasteiger partial charge in [-0.05, 0) is 6.92 Å². The minimum absolute atomic E-state index is 0.0541. The topological polar surface area (TPSA) is 227 Å². The molecule has 1 unspecified atom stereocenters. The number of rotatable bonds is 9. The van der Waals surface area contributed by atoms with Gasteiger partial charge >= 0.3 is 12.0 Å². The van der Waals surface area contributed by atoms with Crippen LogP contribution in [0.2, 0.25) is 0 Å². The molecule has 0 bridgehead atoms. The van der Waals surface area contributed by atoms with Crippen LogP contribution < -0.4 is 22.1 Å². The number of primary amides is 1. The third-order valence-corrected chi connectivity index (χ3v) is 3.03. The number of amides is 3. The number of aromatic nitrogens is 2. The first-order valence-electron chi connectivity index (χ1n) is 7.11. The van der Waals surface area contributed by atoms with Gasteiger partial charge in [0, 0.05) is 0 Å². The molecule has 1 heterocycles. The molecular formula is C12H20N6O7. The summed E-state index contributed by atoms with van der Waals surface area (Å²) in [5.41, 5.74) is 10.6. The highest BCUT2D eigenvalue weighted by molar-refractivity contribution is 5.83. The Morgan fingerprint density at radius 3 is 2.44 bits per heavy atom. The van der Waals surface area contributed by atoms with Gasteiger partial charge in [-0.2, -0.15) is 4.98 Å². The largest absolute Gasteiger partial charge is 0.480 e. The predicted molar refractivity (Wildman–Crippen MR) is 79.6 cm³/mol. The van der Waals surface area contributed by atoms with Crippen molar-refractivity contribution in [3.8, 4) is 0 Å². The summed E-state index contributed by atoms with van der Waals surface area (Å²) in [6.07, 6.45) is -1.79. The molecule has 0 saturated carbocycles. The van der Waals surface area contributed by atoms with Crippen LogP contribution in [0.3, 0.4) is 0 Å². The van der Waals surface area contributed by atoms with Gasteiger partial charge in [-0.1, -0.05) is 5.16 Å². The van der Waals surface area contributed by atoms with E-state index in [0.717, 1.165) is 0 Å². The third-order valence-electron chi connectivity index (χ3n) is 3.03. The molecule has 1 aromatic heterocycles. The molecule has 3 amide bonds. The molecule has 0 aliphatic rings. The Hall–Kier alpha value is -2.77. The number of carboxylic acid groups (broad SMARTS) is 1. The summed E-state index contributed by atoms with van der Waals surface area (Å²) in [7, 11) is 0. The van der Waals surface area contributed by atoms with E-state index in [0.29, 0.717) is 0 Å². The van der Waals surface area contributed by atoms with Gasteiger partial charge in [-0.15, -0.1) is 0 Å². The number of carboxylic acids is 1. The van der Waals surface area contributed by atoms with E-state index >= 15 is 0 Å². The molecule has 9 N–H and O–H groups in total. The van der Waals surface area contributed by atoms with Crippen LogP contribution in [0.15, 0.2) is 4.52 Å². The second-order valence-corrected chi connectivity index (χ2v) is 5.18. The molecule has 4 atom stereocenters. The number of nitrogens with zero attached hydrogens (tertiary/aromatic N) is 2. The summed E-state index contributed by atoms with van der Waals surface area (Å²) in [5.74, 6) is -2.52. The predicted octanol–water partition coefficient (Wildman–Crippen LogP) is -2.89. The SMILES string of the molecule is C[C@H](O)C(NC(=O)N[C@@H](CC(N)=O)c1nc([C@@H](N)CO)no1)C(=O)O. The Morgan fingerprint density at radius 1 is 1.32 bits per heavy atom. The van der Waals surface area contributed by atoms with E-state index in [1.807, 2.05) is 5.32 Å². The lowest BCUT2D eigenvalue weighted by Gasteiger charge is -2.19. The smallest absolute Gasteiger partial charge is 0.328 e. The van der Waals surface area contributed by atoms with Crippen molar-refractivity contribution in [1.82, 2.24) is 20.8 Å². The Labute approximate surface area is 141 Å². The molecule has 1 rings (SSSR count). The zero-order valence-electron chi connectivity index (χ0n) is 13.2. The lowest BCUT2D eigenvalue weighted by molar-refractivity contribution is -0.141. The average Bonchev–Trinajstić information content (AvgIpc) is 3.00. The van der Waals surface area contributed by atoms with Crippen LogP contribution in [-0.2, 0) is 9.59 Å². The molecule has 0 aliphatic carbocycles. The second-order valence-electron chi connectivity index (χ2n) is 5.18. The standard InChI is InChI=1S/C12H20N6O7/c1-4(20)8(11(22)23)16-12(24)15-6(2-7(14)21)10-17-9(18-25-10)5(13)3-19/h4-6,8,19-20H,2-3,13H2,1H3,(H2,14,21)(H,22,23)(H2,15,16,24)/t4-,5-,6-,8?/m0/s1. The van der Waals surface area contributed by atoms with Gasteiger partial charge in [0.05, 0.1) is 25.2 Å². The number of hydrogen-bond acceptors (Lipinski definition) is 9. The van der Waals surface area contributed by atoms with E-state index < -0.39 is 55.2 Å². The fraction of sp³-hybridized carbons (Fsp3) is 0.583. The zero-order valence-corrected chi connectivity index (χ0v) is 13.2. The molecular weight excluding hydrogens is 340 g/mol. The molecule has 13 heteroatoms. The second kappa shape index (κ2) is 8.91. The molecule has 0 saturated heterocycles. The van der Waals surface area contributed by atoms with E-state index in [1.54, 1.807) is 0 Å². The number of carbonyl (C=O) groups excluding carboxylic acids is 2. The Morgan fingerprint density at radius 2 is 1.96 bits per heavy atom. The minimum Gasteiger partial charge on any atom is -0.480 e. The maximum absolute atomic E-state index is 11.9. The van der Waals surface area contributed by atoms with Gasteiger partial charge in [-0.3, -0.25) is 4.79 Å². The van der Waals surface area contributed by atoms with Crippen molar-refractivity contribution in [2.75, 3.05) is 6.61 Å². The van der Waals surface area contributed by atoms with Gasteiger partial charge < -0.3 is 41.9 Å². The van der Waals surface area contributed by atoms with Crippen molar-refractivity contribution in [1.29, 1.82) is 0 Å². The highest BCUT2D eigenvalue weighted by Crippen LogP contribution is 2.16. The number of hydrogen-bond donors (Lipinski definition) is 7. The molecule has 0 aliphatic heterocycles. The molecule has 25 heavy (non-hydrogen) atoms. The molecule has 13 nitrogen and oxygen atoms in total. The van der Waals surface area contributed by atoms with Crippen LogP contribution in [0.5, 0.6) is 0 Å². The summed E-state index contributed by atoms with van der Waals surface area (Å²) in [6.45, 7) is 0.725. The third kappa shape index (κ3) is 5.98. The first-order chi connectivity index (χ1) is 11.6. The average molecular weight is 360 g/mol. The van der Waals surface area contributed by atoms with Crippen LogP contribution in [0.4, 0.5) is 4.79 Å². The zero-order chi connectivity index (χ0) is 19.1. The van der Waals surface area contributed by atoms with Crippen molar-refractivity contribution in [2.24, 2.45) is 11.5 Å². The molecule has 140 valence electrons. The number of nitrogens with one attached hydrogen (secondary N) is 2. The van der Waals surface area contributed by atoms with Crippen LogP contribution in [0.1, 0.15) is 37.1 Å². The van der Waals surface area contributed by atoms with Crippen molar-refractivity contribution in [3.05, 3.63) is 11.7 Å². The first-order valence-corrected chi connectivity index (χ1v) is 7.11. The number of aliphatic hydroxyl groups is 2. The summed E-state index contributed by atoms with van der Waals surface area (Å²) in [4.78, 5) is 37.9. The van der Waals surface area contributed by atoms with Gasteiger partial charge in [0.25, 0.3) is 0 Å². The fourth-order valence-electron chi connectivity index (χ4n) is 1.75. The molecule has 0 radical (unpaired) electrons. The van der Waals surface area contributed by atoms with Crippen LogP contribution in [0, 0.1) is 0 Å². The fourth-order valence-corrected chi connectivity index (χ4v) is 1.75. The normalized spacial score (nSPS) is 15.7. The van der Waals surface area contributed by atoms with Gasteiger partial charge in [-0.25, -0.2) is 9.59 Å². The lowest BCUT2D eigenvalue weighted by atomic mass is 10.2. The van der Waals surface area contributed by atoms with Gasteiger partial charge in [0.1, 0.15) is 6.04 Å². The number of nitrogens with two attached hydrogens (primary N) is 2. The monoisotopic (exact) mass is 360 g/mol. The molecule has 1 aromatic rings. The quantitative estimate of drug-likeness (QED) is 0.238. The highest BCUT2D eigenvalue weighted by Gasteiger charge is 2.29. The number of aliphatic hydroxyl groups excluding tert-OH is 2. The van der Waals surface area contributed by atoms with Crippen molar-refractivity contribution < 1.29 is 34.2 Å². The molecule has 0 aromatic carbocycles. The molecule has 0 spiro atoms. The highest BCUT2D eigenvalue weighted by atomic mass is 16.5. The van der Waals surface area contributed by atoms with Crippen LogP contribution in [-0.4, -0.2) is 62.1 Å². The lowest BCUT2D eigenvalue weighted by Crippen LogP contribution is -2.52. The maximum atomic E-state index is 11.9.